The summed E-state index contributed by atoms with van der Waals surface area (Å²) in [5, 5.41) is 2.69. The number of primary sulfonamides is 1. The first-order valence-corrected chi connectivity index (χ1v) is 5.33. The molecule has 0 bridgehead atoms. The van der Waals surface area contributed by atoms with Gasteiger partial charge >= 0.3 is 0 Å². The Morgan fingerprint density at radius 3 is 2.40 bits per heavy atom. The van der Waals surface area contributed by atoms with Gasteiger partial charge in [0.05, 0.1) is 0 Å². The molecule has 0 aliphatic heterocycles. The maximum atomic E-state index is 12.9. The molecule has 4 nitrogen and oxygen atoms in total. The number of aromatic nitrogens is 1. The molecule has 1 heterocycles. The molecule has 0 atom stereocenters. The van der Waals surface area contributed by atoms with E-state index >= 15 is 0 Å². The highest BCUT2D eigenvalue weighted by Gasteiger charge is 2.22. The van der Waals surface area contributed by atoms with E-state index in [2.05, 4.69) is 10.1 Å². The van der Waals surface area contributed by atoms with Crippen molar-refractivity contribution in [2.75, 3.05) is 0 Å². The molecule has 0 aliphatic rings. The fourth-order valence-electron chi connectivity index (χ4n) is 0.785. The summed E-state index contributed by atoms with van der Waals surface area (Å²) in [5.41, 5.74) is -1.15. The fourth-order valence-corrected chi connectivity index (χ4v) is 1.46. The largest absolute Gasteiger partial charge is 0.281 e. The number of sulfonamides is 1. The van der Waals surface area contributed by atoms with Gasteiger partial charge in [0.25, 0.3) is 16.4 Å². The quantitative estimate of drug-likeness (QED) is 0.875. The van der Waals surface area contributed by atoms with Crippen LogP contribution in [0.25, 0.3) is 0 Å². The number of rotatable bonds is 2. The second-order valence-electron chi connectivity index (χ2n) is 2.49. The van der Waals surface area contributed by atoms with Gasteiger partial charge in [0.2, 0.25) is 0 Å². The van der Waals surface area contributed by atoms with E-state index in [0.29, 0.717) is 6.07 Å². The Morgan fingerprint density at radius 2 is 2.00 bits per heavy atom. The summed E-state index contributed by atoms with van der Waals surface area (Å²) in [5.74, 6) is -1.31. The summed E-state index contributed by atoms with van der Waals surface area (Å²) in [7, 11) is -4.34. The molecule has 15 heavy (non-hydrogen) atoms. The van der Waals surface area contributed by atoms with Crippen molar-refractivity contribution in [1.82, 2.24) is 4.98 Å². The minimum absolute atomic E-state index is 0.379. The molecule has 0 unspecified atom stereocenters. The van der Waals surface area contributed by atoms with Crippen molar-refractivity contribution in [2.24, 2.45) is 5.14 Å². The molecule has 1 aromatic heterocycles. The maximum absolute atomic E-state index is 12.9. The van der Waals surface area contributed by atoms with Gasteiger partial charge in [-0.2, -0.15) is 0 Å². The van der Waals surface area contributed by atoms with E-state index < -0.39 is 38.0 Å². The molecule has 0 radical (unpaired) electrons. The number of nitrogens with two attached hydrogens (primary N) is 1. The zero-order valence-electron chi connectivity index (χ0n) is 6.92. The van der Waals surface area contributed by atoms with Gasteiger partial charge in [-0.3, -0.25) is 0 Å². The first kappa shape index (κ1) is 12.2. The standard InChI is InChI=1S/C6H4ClF3N2O2S/c7-4-2(8)1-3(15(11,13)14)12-5(4)6(9)10/h1,6H,(H2,11,13,14). The van der Waals surface area contributed by atoms with Crippen LogP contribution in [0.2, 0.25) is 5.02 Å². The van der Waals surface area contributed by atoms with Crippen molar-refractivity contribution in [3.05, 3.63) is 22.6 Å². The Hall–Kier alpha value is -0.860. The molecular weight excluding hydrogens is 257 g/mol. The van der Waals surface area contributed by atoms with Crippen molar-refractivity contribution < 1.29 is 21.6 Å². The number of halogens is 4. The SMILES string of the molecule is NS(=O)(=O)c1cc(F)c(Cl)c(C(F)F)n1. The van der Waals surface area contributed by atoms with Crippen LogP contribution in [0, 0.1) is 5.82 Å². The molecular formula is C6H4ClF3N2O2S. The van der Waals surface area contributed by atoms with Crippen molar-refractivity contribution in [1.29, 1.82) is 0 Å². The summed E-state index contributed by atoms with van der Waals surface area (Å²) >= 11 is 5.16. The molecule has 1 aromatic rings. The molecule has 0 amide bonds. The van der Waals surface area contributed by atoms with Crippen LogP contribution in [0.1, 0.15) is 12.1 Å². The molecule has 0 spiro atoms. The number of hydrogen-bond donors (Lipinski definition) is 1. The summed E-state index contributed by atoms with van der Waals surface area (Å²) in [6, 6.07) is 0.379. The normalized spacial score (nSPS) is 12.1. The van der Waals surface area contributed by atoms with Crippen molar-refractivity contribution in [3.63, 3.8) is 0 Å². The highest BCUT2D eigenvalue weighted by Crippen LogP contribution is 2.28. The lowest BCUT2D eigenvalue weighted by Gasteiger charge is -2.05. The van der Waals surface area contributed by atoms with Crippen LogP contribution in [0.5, 0.6) is 0 Å². The summed E-state index contributed by atoms with van der Waals surface area (Å²) < 4.78 is 58.8. The van der Waals surface area contributed by atoms with Gasteiger partial charge in [-0.1, -0.05) is 11.6 Å². The van der Waals surface area contributed by atoms with Crippen molar-refractivity contribution in [2.45, 2.75) is 11.5 Å². The zero-order chi connectivity index (χ0) is 11.8. The van der Waals surface area contributed by atoms with E-state index in [1.807, 2.05) is 0 Å². The van der Waals surface area contributed by atoms with E-state index in [1.54, 1.807) is 0 Å². The Labute approximate surface area is 87.9 Å². The van der Waals surface area contributed by atoms with E-state index in [0.717, 1.165) is 0 Å². The van der Waals surface area contributed by atoms with Crippen LogP contribution in [0.3, 0.4) is 0 Å². The molecule has 0 saturated carbocycles. The fraction of sp³-hybridized carbons (Fsp3) is 0.167. The molecule has 0 fully saturated rings. The number of alkyl halides is 2. The van der Waals surface area contributed by atoms with Crippen LogP contribution < -0.4 is 5.14 Å². The van der Waals surface area contributed by atoms with Crippen molar-refractivity contribution in [3.8, 4) is 0 Å². The molecule has 84 valence electrons. The monoisotopic (exact) mass is 260 g/mol. The molecule has 1 rings (SSSR count). The lowest BCUT2D eigenvalue weighted by Crippen LogP contribution is -2.15. The smallest absolute Gasteiger partial charge is 0.232 e. The van der Waals surface area contributed by atoms with Crippen LogP contribution >= 0.6 is 11.6 Å². The third-order valence-corrected chi connectivity index (χ3v) is 2.58. The van der Waals surface area contributed by atoms with Gasteiger partial charge in [-0.15, -0.1) is 0 Å². The number of nitrogens with zero attached hydrogens (tertiary/aromatic N) is 1. The third-order valence-electron chi connectivity index (χ3n) is 1.41. The first-order chi connectivity index (χ1) is 6.73. The second-order valence-corrected chi connectivity index (χ2v) is 4.37. The summed E-state index contributed by atoms with van der Waals surface area (Å²) in [4.78, 5) is 2.97. The highest BCUT2D eigenvalue weighted by molar-refractivity contribution is 7.89. The lowest BCUT2D eigenvalue weighted by atomic mass is 10.3. The van der Waals surface area contributed by atoms with Crippen LogP contribution in [0.15, 0.2) is 11.1 Å². The van der Waals surface area contributed by atoms with Gasteiger partial charge in [0.15, 0.2) is 5.03 Å². The van der Waals surface area contributed by atoms with E-state index in [9.17, 15) is 21.6 Å². The summed E-state index contributed by atoms with van der Waals surface area (Å²) in [6.07, 6.45) is -3.19. The van der Waals surface area contributed by atoms with E-state index in [1.165, 1.54) is 0 Å². The molecule has 0 aromatic carbocycles. The first-order valence-electron chi connectivity index (χ1n) is 3.40. The van der Waals surface area contributed by atoms with Crippen LogP contribution in [0.4, 0.5) is 13.2 Å². The topological polar surface area (TPSA) is 73.1 Å². The Bertz CT molecular complexity index is 491. The number of pyridine rings is 1. The van der Waals surface area contributed by atoms with Crippen LogP contribution in [-0.2, 0) is 10.0 Å². The summed E-state index contributed by atoms with van der Waals surface area (Å²) in [6.45, 7) is 0. The minimum Gasteiger partial charge on any atom is -0.232 e. The van der Waals surface area contributed by atoms with Crippen molar-refractivity contribution >= 4 is 21.6 Å². The van der Waals surface area contributed by atoms with E-state index in [4.69, 9.17) is 11.6 Å². The zero-order valence-corrected chi connectivity index (χ0v) is 8.49. The third kappa shape index (κ3) is 2.58. The lowest BCUT2D eigenvalue weighted by molar-refractivity contribution is 0.145. The molecule has 0 aliphatic carbocycles. The van der Waals surface area contributed by atoms with Crippen LogP contribution in [-0.4, -0.2) is 13.4 Å². The van der Waals surface area contributed by atoms with Gasteiger partial charge in [-0.25, -0.2) is 31.7 Å². The second kappa shape index (κ2) is 3.95. The van der Waals surface area contributed by atoms with E-state index in [-0.39, 0.29) is 0 Å². The predicted molar refractivity (Wildman–Crippen MR) is 45.5 cm³/mol. The average Bonchev–Trinajstić information content (AvgIpc) is 2.06. The molecule has 9 heteroatoms. The number of hydrogen-bond acceptors (Lipinski definition) is 3. The van der Waals surface area contributed by atoms with Gasteiger partial charge < -0.3 is 0 Å². The van der Waals surface area contributed by atoms with Gasteiger partial charge in [0.1, 0.15) is 16.5 Å². The Kier molecular flexibility index (Phi) is 3.22. The molecule has 2 N–H and O–H groups in total. The Balaban J connectivity index is 3.50. The van der Waals surface area contributed by atoms with Gasteiger partial charge in [-0.05, 0) is 0 Å². The van der Waals surface area contributed by atoms with Gasteiger partial charge in [0, 0.05) is 6.07 Å². The highest BCUT2D eigenvalue weighted by atomic mass is 35.5. The Morgan fingerprint density at radius 1 is 1.47 bits per heavy atom. The molecule has 0 saturated heterocycles. The average molecular weight is 261 g/mol. The minimum atomic E-state index is -4.34. The maximum Gasteiger partial charge on any atom is 0.281 e. The predicted octanol–water partition coefficient (Wildman–Crippen LogP) is 1.46.